The van der Waals surface area contributed by atoms with Gasteiger partial charge in [-0.05, 0) is 18.6 Å². The van der Waals surface area contributed by atoms with Gasteiger partial charge in [-0.3, -0.25) is 9.59 Å². The molecule has 20 heavy (non-hydrogen) atoms. The third-order valence-corrected chi connectivity index (χ3v) is 2.83. The Morgan fingerprint density at radius 2 is 2.05 bits per heavy atom. The van der Waals surface area contributed by atoms with Crippen LogP contribution in [-0.2, 0) is 4.79 Å². The van der Waals surface area contributed by atoms with E-state index in [9.17, 15) is 9.59 Å². The summed E-state index contributed by atoms with van der Waals surface area (Å²) in [6.45, 7) is 0.291. The fraction of sp³-hybridized carbons (Fsp3) is 0.214. The van der Waals surface area contributed by atoms with Crippen molar-refractivity contribution in [2.75, 3.05) is 12.3 Å². The summed E-state index contributed by atoms with van der Waals surface area (Å²) in [5.74, 6) is -1.24. The van der Waals surface area contributed by atoms with Crippen molar-refractivity contribution in [2.24, 2.45) is 0 Å². The number of carboxylic acid groups (broad SMARTS) is 1. The molecular formula is C14H15N3O3. The molecule has 104 valence electrons. The zero-order chi connectivity index (χ0) is 14.5. The second kappa shape index (κ2) is 6.01. The molecule has 0 fully saturated rings. The summed E-state index contributed by atoms with van der Waals surface area (Å²) in [5, 5.41) is 11.9. The number of carboxylic acids is 1. The highest BCUT2D eigenvalue weighted by Gasteiger charge is 2.10. The van der Waals surface area contributed by atoms with Crippen molar-refractivity contribution in [2.45, 2.75) is 12.8 Å². The van der Waals surface area contributed by atoms with E-state index in [1.54, 1.807) is 6.07 Å². The Balaban J connectivity index is 2.08. The van der Waals surface area contributed by atoms with Crippen molar-refractivity contribution >= 4 is 28.5 Å². The van der Waals surface area contributed by atoms with Gasteiger partial charge in [-0.15, -0.1) is 0 Å². The number of nitrogens with one attached hydrogen (secondary N) is 1. The molecule has 2 rings (SSSR count). The average molecular weight is 273 g/mol. The summed E-state index contributed by atoms with van der Waals surface area (Å²) in [5.41, 5.74) is 7.27. The SMILES string of the molecule is Nc1cc(C(=O)NCCCC(=O)O)nc2ccccc12. The van der Waals surface area contributed by atoms with E-state index < -0.39 is 5.97 Å². The maximum absolute atomic E-state index is 11.9. The normalized spacial score (nSPS) is 10.4. The third-order valence-electron chi connectivity index (χ3n) is 2.83. The van der Waals surface area contributed by atoms with Gasteiger partial charge in [0.25, 0.3) is 5.91 Å². The van der Waals surface area contributed by atoms with Gasteiger partial charge in [0.2, 0.25) is 0 Å². The number of fused-ring (bicyclic) bond motifs is 1. The number of carbonyl (C=O) groups excluding carboxylic acids is 1. The molecule has 6 heteroatoms. The van der Waals surface area contributed by atoms with Crippen molar-refractivity contribution in [3.8, 4) is 0 Å². The van der Waals surface area contributed by atoms with Crippen molar-refractivity contribution < 1.29 is 14.7 Å². The van der Waals surface area contributed by atoms with Crippen molar-refractivity contribution in [1.82, 2.24) is 10.3 Å². The monoisotopic (exact) mass is 273 g/mol. The fourth-order valence-corrected chi connectivity index (χ4v) is 1.85. The van der Waals surface area contributed by atoms with Crippen LogP contribution in [0.15, 0.2) is 30.3 Å². The highest BCUT2D eigenvalue weighted by molar-refractivity contribution is 5.99. The molecule has 0 atom stereocenters. The Labute approximate surface area is 115 Å². The number of carbonyl (C=O) groups is 2. The molecule has 1 heterocycles. The van der Waals surface area contributed by atoms with E-state index >= 15 is 0 Å². The summed E-state index contributed by atoms with van der Waals surface area (Å²) >= 11 is 0. The highest BCUT2D eigenvalue weighted by atomic mass is 16.4. The van der Waals surface area contributed by atoms with Gasteiger partial charge in [0.05, 0.1) is 5.52 Å². The van der Waals surface area contributed by atoms with Crippen LogP contribution < -0.4 is 11.1 Å². The number of hydrogen-bond donors (Lipinski definition) is 3. The van der Waals surface area contributed by atoms with Gasteiger partial charge in [0, 0.05) is 24.0 Å². The van der Waals surface area contributed by atoms with Crippen molar-refractivity contribution in [3.63, 3.8) is 0 Å². The smallest absolute Gasteiger partial charge is 0.303 e. The van der Waals surface area contributed by atoms with Crippen LogP contribution in [0.4, 0.5) is 5.69 Å². The molecule has 0 saturated heterocycles. The molecule has 0 radical (unpaired) electrons. The molecule has 0 saturated carbocycles. The van der Waals surface area contributed by atoms with Gasteiger partial charge in [-0.25, -0.2) is 4.98 Å². The van der Waals surface area contributed by atoms with Crippen LogP contribution in [-0.4, -0.2) is 28.5 Å². The Morgan fingerprint density at radius 1 is 1.30 bits per heavy atom. The lowest BCUT2D eigenvalue weighted by Gasteiger charge is -2.07. The summed E-state index contributed by atoms with van der Waals surface area (Å²) in [6, 6.07) is 8.82. The van der Waals surface area contributed by atoms with E-state index in [1.807, 2.05) is 18.2 Å². The topological polar surface area (TPSA) is 105 Å². The molecule has 0 spiro atoms. The first-order valence-electron chi connectivity index (χ1n) is 6.23. The van der Waals surface area contributed by atoms with Crippen LogP contribution >= 0.6 is 0 Å². The molecule has 2 aromatic rings. The molecule has 1 aromatic carbocycles. The van der Waals surface area contributed by atoms with Crippen LogP contribution in [0.3, 0.4) is 0 Å². The second-order valence-corrected chi connectivity index (χ2v) is 4.37. The zero-order valence-electron chi connectivity index (χ0n) is 10.8. The number of aliphatic carboxylic acids is 1. The standard InChI is InChI=1S/C14H15N3O3/c15-10-8-12(14(20)16-7-3-6-13(18)19)17-11-5-2-1-4-9(10)11/h1-2,4-5,8H,3,6-7H2,(H2,15,17)(H,16,20)(H,18,19). The second-order valence-electron chi connectivity index (χ2n) is 4.37. The van der Waals surface area contributed by atoms with Crippen molar-refractivity contribution in [1.29, 1.82) is 0 Å². The minimum Gasteiger partial charge on any atom is -0.481 e. The Kier molecular flexibility index (Phi) is 4.14. The Hall–Kier alpha value is -2.63. The number of rotatable bonds is 5. The van der Waals surface area contributed by atoms with Crippen LogP contribution in [0.2, 0.25) is 0 Å². The van der Waals surface area contributed by atoms with E-state index in [-0.39, 0.29) is 18.0 Å². The van der Waals surface area contributed by atoms with Crippen LogP contribution in [0, 0.1) is 0 Å². The fourth-order valence-electron chi connectivity index (χ4n) is 1.85. The maximum atomic E-state index is 11.9. The number of hydrogen-bond acceptors (Lipinski definition) is 4. The number of para-hydroxylation sites is 1. The molecular weight excluding hydrogens is 258 g/mol. The van der Waals surface area contributed by atoms with Gasteiger partial charge >= 0.3 is 5.97 Å². The predicted molar refractivity (Wildman–Crippen MR) is 75.4 cm³/mol. The van der Waals surface area contributed by atoms with Crippen molar-refractivity contribution in [3.05, 3.63) is 36.0 Å². The van der Waals surface area contributed by atoms with Gasteiger partial charge < -0.3 is 16.2 Å². The average Bonchev–Trinajstić information content (AvgIpc) is 2.43. The number of anilines is 1. The van der Waals surface area contributed by atoms with E-state index in [0.29, 0.717) is 24.2 Å². The number of nitrogens with two attached hydrogens (primary N) is 1. The summed E-state index contributed by atoms with van der Waals surface area (Å²) in [7, 11) is 0. The molecule has 1 aromatic heterocycles. The number of benzene rings is 1. The predicted octanol–water partition coefficient (Wildman–Crippen LogP) is 1.41. The van der Waals surface area contributed by atoms with Crippen LogP contribution in [0.1, 0.15) is 23.3 Å². The molecule has 0 unspecified atom stereocenters. The molecule has 4 N–H and O–H groups in total. The molecule has 6 nitrogen and oxygen atoms in total. The van der Waals surface area contributed by atoms with Gasteiger partial charge in [-0.1, -0.05) is 18.2 Å². The summed E-state index contributed by atoms with van der Waals surface area (Å²) in [4.78, 5) is 26.5. The van der Waals surface area contributed by atoms with Gasteiger partial charge in [-0.2, -0.15) is 0 Å². The lowest BCUT2D eigenvalue weighted by molar-refractivity contribution is -0.137. The molecule has 0 aliphatic rings. The number of nitrogen functional groups attached to an aromatic ring is 1. The first-order chi connectivity index (χ1) is 9.58. The molecule has 0 aliphatic heterocycles. The molecule has 1 amide bonds. The largest absolute Gasteiger partial charge is 0.481 e. The van der Waals surface area contributed by atoms with Gasteiger partial charge in [0.15, 0.2) is 0 Å². The minimum absolute atomic E-state index is 0.0214. The first kappa shape index (κ1) is 13.8. The lowest BCUT2D eigenvalue weighted by atomic mass is 10.1. The summed E-state index contributed by atoms with van der Waals surface area (Å²) in [6.07, 6.45) is 0.401. The van der Waals surface area contributed by atoms with E-state index in [4.69, 9.17) is 10.8 Å². The minimum atomic E-state index is -0.882. The molecule has 0 bridgehead atoms. The van der Waals surface area contributed by atoms with E-state index in [0.717, 1.165) is 5.39 Å². The van der Waals surface area contributed by atoms with Gasteiger partial charge in [0.1, 0.15) is 5.69 Å². The number of aromatic nitrogens is 1. The Morgan fingerprint density at radius 3 is 2.80 bits per heavy atom. The Bertz CT molecular complexity index is 655. The number of pyridine rings is 1. The number of nitrogens with zero attached hydrogens (tertiary/aromatic N) is 1. The molecule has 0 aliphatic carbocycles. The van der Waals surface area contributed by atoms with Crippen LogP contribution in [0.5, 0.6) is 0 Å². The third kappa shape index (κ3) is 3.23. The highest BCUT2D eigenvalue weighted by Crippen LogP contribution is 2.19. The van der Waals surface area contributed by atoms with E-state index in [1.165, 1.54) is 6.07 Å². The first-order valence-corrected chi connectivity index (χ1v) is 6.23. The number of amides is 1. The lowest BCUT2D eigenvalue weighted by Crippen LogP contribution is -2.26. The zero-order valence-corrected chi connectivity index (χ0v) is 10.8. The maximum Gasteiger partial charge on any atom is 0.303 e. The van der Waals surface area contributed by atoms with Crippen LogP contribution in [0.25, 0.3) is 10.9 Å². The summed E-state index contributed by atoms with van der Waals surface area (Å²) < 4.78 is 0. The quantitative estimate of drug-likeness (QED) is 0.714. The van der Waals surface area contributed by atoms with E-state index in [2.05, 4.69) is 10.3 Å².